The molecule has 6 nitrogen and oxygen atoms in total. The Balaban J connectivity index is 1.58. The first kappa shape index (κ1) is 23.7. The van der Waals surface area contributed by atoms with Crippen LogP contribution in [0.1, 0.15) is 22.8 Å². The van der Waals surface area contributed by atoms with Crippen molar-refractivity contribution in [2.24, 2.45) is 0 Å². The number of methoxy groups -OCH3 is 1. The maximum atomic E-state index is 12.9. The molecule has 0 aliphatic heterocycles. The molecule has 0 fully saturated rings. The number of carbonyl (C=O) groups excluding carboxylic acids is 2. The molecule has 2 amide bonds. The smallest absolute Gasteiger partial charge is 0.258 e. The molecule has 0 atom stereocenters. The van der Waals surface area contributed by atoms with Crippen molar-refractivity contribution in [1.82, 2.24) is 5.32 Å². The van der Waals surface area contributed by atoms with Crippen LogP contribution in [-0.4, -0.2) is 30.6 Å². The molecule has 0 saturated carbocycles. The first-order valence-corrected chi connectivity index (χ1v) is 10.8. The Hall–Kier alpha value is -3.97. The largest absolute Gasteiger partial charge is 0.496 e. The highest BCUT2D eigenvalue weighted by Gasteiger charge is 2.15. The lowest BCUT2D eigenvalue weighted by molar-refractivity contribution is -0.115. The van der Waals surface area contributed by atoms with Crippen LogP contribution in [0.4, 0.5) is 11.4 Å². The van der Waals surface area contributed by atoms with Crippen molar-refractivity contribution in [3.05, 3.63) is 96.1 Å². The highest BCUT2D eigenvalue weighted by molar-refractivity contribution is 7.80. The van der Waals surface area contributed by atoms with Crippen LogP contribution in [0.15, 0.2) is 84.9 Å². The van der Waals surface area contributed by atoms with Gasteiger partial charge in [0.25, 0.3) is 5.91 Å². The molecule has 0 heterocycles. The Labute approximate surface area is 198 Å². The van der Waals surface area contributed by atoms with Crippen molar-refractivity contribution >= 4 is 46.6 Å². The minimum absolute atomic E-state index is 0.0902. The Bertz CT molecular complexity index is 1140. The minimum atomic E-state index is -0.369. The molecule has 7 heteroatoms. The number of rotatable bonds is 7. The SMILES string of the molecule is CCN(C(=O)c1ccc(NC(=S)NC(=O)/C=C/c2ccccc2OC)cc1)c1ccccc1. The third kappa shape index (κ3) is 6.51. The maximum absolute atomic E-state index is 12.9. The third-order valence-corrected chi connectivity index (χ3v) is 5.01. The number of benzene rings is 3. The fourth-order valence-electron chi connectivity index (χ4n) is 3.19. The van der Waals surface area contributed by atoms with Crippen LogP contribution in [-0.2, 0) is 4.79 Å². The minimum Gasteiger partial charge on any atom is -0.496 e. The Morgan fingerprint density at radius 3 is 2.30 bits per heavy atom. The van der Waals surface area contributed by atoms with E-state index in [0.717, 1.165) is 11.3 Å². The van der Waals surface area contributed by atoms with Crippen molar-refractivity contribution < 1.29 is 14.3 Å². The van der Waals surface area contributed by atoms with E-state index in [4.69, 9.17) is 17.0 Å². The molecule has 0 spiro atoms. The van der Waals surface area contributed by atoms with Gasteiger partial charge < -0.3 is 15.0 Å². The third-order valence-electron chi connectivity index (χ3n) is 4.81. The van der Waals surface area contributed by atoms with Gasteiger partial charge in [-0.05, 0) is 67.7 Å². The quantitative estimate of drug-likeness (QED) is 0.389. The van der Waals surface area contributed by atoms with E-state index in [0.29, 0.717) is 23.5 Å². The maximum Gasteiger partial charge on any atom is 0.258 e. The molecule has 0 unspecified atom stereocenters. The van der Waals surface area contributed by atoms with Crippen LogP contribution < -0.4 is 20.3 Å². The fourth-order valence-corrected chi connectivity index (χ4v) is 3.41. The van der Waals surface area contributed by atoms with Gasteiger partial charge in [0.05, 0.1) is 7.11 Å². The van der Waals surface area contributed by atoms with Crippen molar-refractivity contribution in [3.8, 4) is 5.75 Å². The summed E-state index contributed by atoms with van der Waals surface area (Å²) in [7, 11) is 1.58. The second kappa shape index (κ2) is 11.6. The lowest BCUT2D eigenvalue weighted by Gasteiger charge is -2.21. The molecule has 0 aromatic heterocycles. The standard InChI is InChI=1S/C26H25N3O3S/c1-3-29(22-10-5-4-6-11-22)25(31)20-13-16-21(17-14-20)27-26(33)28-24(30)18-15-19-9-7-8-12-23(19)32-2/h4-18H,3H2,1-2H3,(H2,27,28,30,33)/b18-15+. The Morgan fingerprint density at radius 2 is 1.64 bits per heavy atom. The van der Waals surface area contributed by atoms with Crippen molar-refractivity contribution in [3.63, 3.8) is 0 Å². The van der Waals surface area contributed by atoms with E-state index >= 15 is 0 Å². The van der Waals surface area contributed by atoms with E-state index in [1.807, 2.05) is 61.5 Å². The number of nitrogens with one attached hydrogen (secondary N) is 2. The fraction of sp³-hybridized carbons (Fsp3) is 0.115. The molecule has 3 aromatic carbocycles. The van der Waals surface area contributed by atoms with E-state index < -0.39 is 0 Å². The summed E-state index contributed by atoms with van der Waals surface area (Å²) in [5.74, 6) is 0.213. The molecule has 2 N–H and O–H groups in total. The zero-order valence-corrected chi connectivity index (χ0v) is 19.3. The van der Waals surface area contributed by atoms with Crippen LogP contribution in [0.2, 0.25) is 0 Å². The average Bonchev–Trinajstić information content (AvgIpc) is 2.84. The summed E-state index contributed by atoms with van der Waals surface area (Å²) in [5.41, 5.74) is 2.84. The lowest BCUT2D eigenvalue weighted by atomic mass is 10.1. The van der Waals surface area contributed by atoms with E-state index in [1.165, 1.54) is 6.08 Å². The molecule has 3 rings (SSSR count). The van der Waals surface area contributed by atoms with Gasteiger partial charge in [-0.15, -0.1) is 0 Å². The summed E-state index contributed by atoms with van der Waals surface area (Å²) in [6.45, 7) is 2.49. The second-order valence-electron chi connectivity index (χ2n) is 6.98. The van der Waals surface area contributed by atoms with Crippen LogP contribution in [0, 0.1) is 0 Å². The highest BCUT2D eigenvalue weighted by Crippen LogP contribution is 2.19. The zero-order valence-electron chi connectivity index (χ0n) is 18.4. The summed E-state index contributed by atoms with van der Waals surface area (Å²) in [6, 6.07) is 23.8. The molecule has 0 bridgehead atoms. The number of ether oxygens (including phenoxy) is 1. The Kier molecular flexibility index (Phi) is 8.32. The number of anilines is 2. The van der Waals surface area contributed by atoms with Gasteiger partial charge in [-0.1, -0.05) is 36.4 Å². The summed E-state index contributed by atoms with van der Waals surface area (Å²) in [4.78, 5) is 26.8. The first-order chi connectivity index (χ1) is 16.0. The molecule has 0 radical (unpaired) electrons. The highest BCUT2D eigenvalue weighted by atomic mass is 32.1. The lowest BCUT2D eigenvalue weighted by Crippen LogP contribution is -2.33. The zero-order chi connectivity index (χ0) is 23.6. The van der Waals surface area contributed by atoms with Crippen LogP contribution >= 0.6 is 12.2 Å². The molecule has 33 heavy (non-hydrogen) atoms. The van der Waals surface area contributed by atoms with Gasteiger partial charge in [-0.2, -0.15) is 0 Å². The first-order valence-electron chi connectivity index (χ1n) is 10.4. The van der Waals surface area contributed by atoms with Crippen molar-refractivity contribution in [1.29, 1.82) is 0 Å². The van der Waals surface area contributed by atoms with Gasteiger partial charge in [0.2, 0.25) is 5.91 Å². The predicted octanol–water partition coefficient (Wildman–Crippen LogP) is 4.89. The normalized spacial score (nSPS) is 10.5. The summed E-state index contributed by atoms with van der Waals surface area (Å²) < 4.78 is 5.26. The van der Waals surface area contributed by atoms with E-state index in [1.54, 1.807) is 42.4 Å². The summed E-state index contributed by atoms with van der Waals surface area (Å²) in [5, 5.41) is 5.71. The van der Waals surface area contributed by atoms with Crippen molar-refractivity contribution in [2.75, 3.05) is 23.9 Å². The molecule has 3 aromatic rings. The second-order valence-corrected chi connectivity index (χ2v) is 7.39. The van der Waals surface area contributed by atoms with Crippen LogP contribution in [0.5, 0.6) is 5.75 Å². The van der Waals surface area contributed by atoms with Gasteiger partial charge in [0, 0.05) is 35.1 Å². The van der Waals surface area contributed by atoms with E-state index in [2.05, 4.69) is 10.6 Å². The number of thiocarbonyl (C=S) groups is 1. The van der Waals surface area contributed by atoms with Gasteiger partial charge in [0.1, 0.15) is 5.75 Å². The van der Waals surface area contributed by atoms with Gasteiger partial charge in [0.15, 0.2) is 5.11 Å². The number of nitrogens with zero attached hydrogens (tertiary/aromatic N) is 1. The average molecular weight is 460 g/mol. The van der Waals surface area contributed by atoms with Gasteiger partial charge in [-0.25, -0.2) is 0 Å². The number of amides is 2. The molecule has 0 aliphatic rings. The van der Waals surface area contributed by atoms with E-state index in [9.17, 15) is 9.59 Å². The number of carbonyl (C=O) groups is 2. The van der Waals surface area contributed by atoms with Gasteiger partial charge in [-0.3, -0.25) is 14.9 Å². The predicted molar refractivity (Wildman–Crippen MR) is 137 cm³/mol. The Morgan fingerprint density at radius 1 is 0.970 bits per heavy atom. The molecule has 168 valence electrons. The van der Waals surface area contributed by atoms with Crippen LogP contribution in [0.3, 0.4) is 0 Å². The monoisotopic (exact) mass is 459 g/mol. The number of hydrogen-bond donors (Lipinski definition) is 2. The number of para-hydroxylation sites is 2. The molecule has 0 saturated heterocycles. The molecular weight excluding hydrogens is 434 g/mol. The number of hydrogen-bond acceptors (Lipinski definition) is 4. The van der Waals surface area contributed by atoms with E-state index in [-0.39, 0.29) is 16.9 Å². The summed E-state index contributed by atoms with van der Waals surface area (Å²) in [6.07, 6.45) is 3.04. The molecule has 0 aliphatic carbocycles. The van der Waals surface area contributed by atoms with Crippen molar-refractivity contribution in [2.45, 2.75) is 6.92 Å². The summed E-state index contributed by atoms with van der Waals surface area (Å²) >= 11 is 5.22. The topological polar surface area (TPSA) is 70.7 Å². The van der Waals surface area contributed by atoms with Gasteiger partial charge >= 0.3 is 0 Å². The van der Waals surface area contributed by atoms with Crippen LogP contribution in [0.25, 0.3) is 6.08 Å². The molecular formula is C26H25N3O3S.